The third-order valence-electron chi connectivity index (χ3n) is 2.91. The average Bonchev–Trinajstić information content (AvgIpc) is 2.75. The van der Waals surface area contributed by atoms with Crippen LogP contribution < -0.4 is 10.2 Å². The number of thiazole rings is 1. The first-order chi connectivity index (χ1) is 7.20. The van der Waals surface area contributed by atoms with Gasteiger partial charge in [0.1, 0.15) is 0 Å². The Balaban J connectivity index is 2.12. The van der Waals surface area contributed by atoms with E-state index in [2.05, 4.69) is 29.0 Å². The Morgan fingerprint density at radius 2 is 2.40 bits per heavy atom. The molecular formula is C11H19N3S. The van der Waals surface area contributed by atoms with Crippen LogP contribution in [0.15, 0.2) is 0 Å². The molecule has 0 aliphatic carbocycles. The van der Waals surface area contributed by atoms with Gasteiger partial charge >= 0.3 is 0 Å². The number of aryl methyl sites for hydroxylation is 1. The zero-order valence-corrected chi connectivity index (χ0v) is 10.5. The maximum absolute atomic E-state index is 4.65. The first-order valence-corrected chi connectivity index (χ1v) is 6.38. The molecule has 2 heterocycles. The maximum Gasteiger partial charge on any atom is 0.185 e. The van der Waals surface area contributed by atoms with Crippen molar-refractivity contribution in [1.82, 2.24) is 10.3 Å². The predicted octanol–water partition coefficient (Wildman–Crippen LogP) is 2.02. The van der Waals surface area contributed by atoms with E-state index in [-0.39, 0.29) is 0 Å². The lowest BCUT2D eigenvalue weighted by atomic mass is 10.2. The minimum Gasteiger partial charge on any atom is -0.348 e. The summed E-state index contributed by atoms with van der Waals surface area (Å²) in [6.45, 7) is 7.70. The molecular weight excluding hydrogens is 206 g/mol. The molecule has 0 aromatic carbocycles. The van der Waals surface area contributed by atoms with E-state index in [1.54, 1.807) is 0 Å². The van der Waals surface area contributed by atoms with E-state index in [9.17, 15) is 0 Å². The van der Waals surface area contributed by atoms with Crippen molar-refractivity contribution in [3.63, 3.8) is 0 Å². The van der Waals surface area contributed by atoms with Crippen LogP contribution in [0, 0.1) is 12.8 Å². The number of hydrogen-bond donors (Lipinski definition) is 1. The molecule has 2 rings (SSSR count). The van der Waals surface area contributed by atoms with E-state index >= 15 is 0 Å². The van der Waals surface area contributed by atoms with Gasteiger partial charge in [-0.05, 0) is 26.3 Å². The molecule has 84 valence electrons. The second-order valence-corrected chi connectivity index (χ2v) is 5.44. The number of nitrogens with zero attached hydrogens (tertiary/aromatic N) is 2. The van der Waals surface area contributed by atoms with Gasteiger partial charge in [0, 0.05) is 24.5 Å². The van der Waals surface area contributed by atoms with Gasteiger partial charge in [0.15, 0.2) is 5.13 Å². The van der Waals surface area contributed by atoms with Gasteiger partial charge < -0.3 is 10.2 Å². The summed E-state index contributed by atoms with van der Waals surface area (Å²) in [5.74, 6) is 0.821. The van der Waals surface area contributed by atoms with E-state index in [0.29, 0.717) is 0 Å². The molecule has 0 amide bonds. The molecule has 0 saturated carbocycles. The Morgan fingerprint density at radius 1 is 1.60 bits per heavy atom. The van der Waals surface area contributed by atoms with Crippen molar-refractivity contribution in [2.45, 2.75) is 26.8 Å². The van der Waals surface area contributed by atoms with Crippen molar-refractivity contribution < 1.29 is 0 Å². The van der Waals surface area contributed by atoms with Crippen LogP contribution >= 0.6 is 11.3 Å². The van der Waals surface area contributed by atoms with Crippen LogP contribution in [-0.2, 0) is 6.54 Å². The smallest absolute Gasteiger partial charge is 0.185 e. The average molecular weight is 225 g/mol. The summed E-state index contributed by atoms with van der Waals surface area (Å²) < 4.78 is 0. The van der Waals surface area contributed by atoms with Gasteiger partial charge in [-0.3, -0.25) is 0 Å². The number of aromatic nitrogens is 1. The highest BCUT2D eigenvalue weighted by Gasteiger charge is 2.22. The molecule has 1 aliphatic rings. The van der Waals surface area contributed by atoms with Gasteiger partial charge in [0.05, 0.1) is 5.69 Å². The molecule has 15 heavy (non-hydrogen) atoms. The molecule has 4 heteroatoms. The van der Waals surface area contributed by atoms with Crippen LogP contribution in [0.5, 0.6) is 0 Å². The van der Waals surface area contributed by atoms with Gasteiger partial charge in [0.2, 0.25) is 0 Å². The molecule has 0 bridgehead atoms. The van der Waals surface area contributed by atoms with E-state index in [1.165, 1.54) is 35.2 Å². The number of anilines is 1. The number of hydrogen-bond acceptors (Lipinski definition) is 4. The molecule has 1 atom stereocenters. The minimum absolute atomic E-state index is 0.821. The topological polar surface area (TPSA) is 28.2 Å². The van der Waals surface area contributed by atoms with E-state index < -0.39 is 0 Å². The van der Waals surface area contributed by atoms with Crippen LogP contribution in [0.4, 0.5) is 5.13 Å². The number of nitrogens with one attached hydrogen (secondary N) is 1. The summed E-state index contributed by atoms with van der Waals surface area (Å²) in [6.07, 6.45) is 1.31. The Hall–Kier alpha value is -0.610. The lowest BCUT2D eigenvalue weighted by molar-refractivity contribution is 0.659. The van der Waals surface area contributed by atoms with Gasteiger partial charge in [-0.1, -0.05) is 6.92 Å². The predicted molar refractivity (Wildman–Crippen MR) is 65.6 cm³/mol. The summed E-state index contributed by atoms with van der Waals surface area (Å²) in [4.78, 5) is 8.44. The first-order valence-electron chi connectivity index (χ1n) is 5.56. The van der Waals surface area contributed by atoms with Crippen LogP contribution in [-0.4, -0.2) is 25.1 Å². The second-order valence-electron chi connectivity index (χ2n) is 4.38. The highest BCUT2D eigenvalue weighted by Crippen LogP contribution is 2.29. The fraction of sp³-hybridized carbons (Fsp3) is 0.727. The zero-order chi connectivity index (χ0) is 10.8. The summed E-state index contributed by atoms with van der Waals surface area (Å²) in [5.41, 5.74) is 1.18. The Kier molecular flexibility index (Phi) is 3.26. The highest BCUT2D eigenvalue weighted by atomic mass is 32.1. The highest BCUT2D eigenvalue weighted by molar-refractivity contribution is 7.15. The Bertz CT molecular complexity index is 335. The Morgan fingerprint density at radius 3 is 3.00 bits per heavy atom. The minimum atomic E-state index is 0.821. The van der Waals surface area contributed by atoms with Crippen LogP contribution in [0.1, 0.15) is 23.9 Å². The molecule has 1 unspecified atom stereocenters. The molecule has 3 nitrogen and oxygen atoms in total. The number of rotatable bonds is 3. The summed E-state index contributed by atoms with van der Waals surface area (Å²) >= 11 is 1.84. The van der Waals surface area contributed by atoms with Crippen molar-refractivity contribution in [2.75, 3.05) is 25.0 Å². The third kappa shape index (κ3) is 2.32. The van der Waals surface area contributed by atoms with Gasteiger partial charge in [-0.15, -0.1) is 11.3 Å². The molecule has 1 aromatic rings. The molecule has 0 spiro atoms. The maximum atomic E-state index is 4.65. The largest absolute Gasteiger partial charge is 0.348 e. The van der Waals surface area contributed by atoms with Crippen molar-refractivity contribution in [2.24, 2.45) is 5.92 Å². The van der Waals surface area contributed by atoms with Crippen LogP contribution in [0.2, 0.25) is 0 Å². The SMILES string of the molecule is CNCc1sc(N2CCC(C)C2)nc1C. The molecule has 0 radical (unpaired) electrons. The van der Waals surface area contributed by atoms with Crippen molar-refractivity contribution in [3.05, 3.63) is 10.6 Å². The zero-order valence-electron chi connectivity index (χ0n) is 9.71. The lowest BCUT2D eigenvalue weighted by Crippen LogP contribution is -2.18. The van der Waals surface area contributed by atoms with Crippen molar-refractivity contribution in [1.29, 1.82) is 0 Å². The summed E-state index contributed by atoms with van der Waals surface area (Å²) in [7, 11) is 1.98. The van der Waals surface area contributed by atoms with Crippen molar-refractivity contribution in [3.8, 4) is 0 Å². The van der Waals surface area contributed by atoms with Gasteiger partial charge in [-0.2, -0.15) is 0 Å². The van der Waals surface area contributed by atoms with Gasteiger partial charge in [-0.25, -0.2) is 4.98 Å². The van der Waals surface area contributed by atoms with Crippen LogP contribution in [0.25, 0.3) is 0 Å². The molecule has 1 fully saturated rings. The Labute approximate surface area is 95.5 Å². The standard InChI is InChI=1S/C11H19N3S/c1-8-4-5-14(7-8)11-13-9(2)10(15-11)6-12-3/h8,12H,4-7H2,1-3H3. The first kappa shape index (κ1) is 10.9. The summed E-state index contributed by atoms with van der Waals surface area (Å²) in [6, 6.07) is 0. The molecule has 1 aliphatic heterocycles. The van der Waals surface area contributed by atoms with E-state index in [0.717, 1.165) is 12.5 Å². The molecule has 1 N–H and O–H groups in total. The van der Waals surface area contributed by atoms with E-state index in [4.69, 9.17) is 0 Å². The normalized spacial score (nSPS) is 21.3. The molecule has 1 saturated heterocycles. The lowest BCUT2D eigenvalue weighted by Gasteiger charge is -2.13. The van der Waals surface area contributed by atoms with E-state index in [1.807, 2.05) is 18.4 Å². The monoisotopic (exact) mass is 225 g/mol. The quantitative estimate of drug-likeness (QED) is 0.853. The second kappa shape index (κ2) is 4.49. The fourth-order valence-electron chi connectivity index (χ4n) is 1.98. The third-order valence-corrected chi connectivity index (χ3v) is 4.13. The van der Waals surface area contributed by atoms with Gasteiger partial charge in [0.25, 0.3) is 0 Å². The van der Waals surface area contributed by atoms with Crippen molar-refractivity contribution >= 4 is 16.5 Å². The fourth-order valence-corrected chi connectivity index (χ4v) is 3.09. The summed E-state index contributed by atoms with van der Waals surface area (Å²) in [5, 5.41) is 4.40. The van der Waals surface area contributed by atoms with Crippen LogP contribution in [0.3, 0.4) is 0 Å². The molecule has 1 aromatic heterocycles.